The van der Waals surface area contributed by atoms with Gasteiger partial charge in [0, 0.05) is 18.7 Å². The summed E-state index contributed by atoms with van der Waals surface area (Å²) >= 11 is 0. The molecule has 1 heterocycles. The van der Waals surface area contributed by atoms with E-state index in [0.717, 1.165) is 0 Å². The first-order chi connectivity index (χ1) is 11.3. The van der Waals surface area contributed by atoms with Crippen molar-refractivity contribution >= 4 is 11.6 Å². The highest BCUT2D eigenvalue weighted by atomic mass is 16.6. The van der Waals surface area contributed by atoms with Gasteiger partial charge in [0.2, 0.25) is 5.91 Å². The molecule has 1 amide bonds. The number of nitrogens with one attached hydrogen (secondary N) is 2. The van der Waals surface area contributed by atoms with Crippen molar-refractivity contribution in [3.63, 3.8) is 0 Å². The molecule has 1 aromatic carbocycles. The molecule has 1 fully saturated rings. The number of nitro groups is 1. The fourth-order valence-electron chi connectivity index (χ4n) is 2.87. The van der Waals surface area contributed by atoms with Crippen molar-refractivity contribution in [1.82, 2.24) is 10.6 Å². The Morgan fingerprint density at radius 3 is 2.75 bits per heavy atom. The van der Waals surface area contributed by atoms with Gasteiger partial charge >= 0.3 is 0 Å². The minimum absolute atomic E-state index is 0.0243. The van der Waals surface area contributed by atoms with Gasteiger partial charge in [-0.25, -0.2) is 0 Å². The van der Waals surface area contributed by atoms with E-state index in [0.29, 0.717) is 25.1 Å². The number of non-ortho nitro benzene ring substituents is 1. The van der Waals surface area contributed by atoms with Crippen LogP contribution in [0, 0.1) is 27.4 Å². The van der Waals surface area contributed by atoms with Crippen molar-refractivity contribution in [2.75, 3.05) is 13.1 Å². The maximum absolute atomic E-state index is 12.4. The third-order valence-electron chi connectivity index (χ3n) is 4.39. The molecule has 1 aromatic rings. The maximum Gasteiger partial charge on any atom is 0.270 e. The number of nitriles is 1. The zero-order valence-corrected chi connectivity index (χ0v) is 13.7. The smallest absolute Gasteiger partial charge is 0.270 e. The first-order valence-corrected chi connectivity index (χ1v) is 7.78. The second-order valence-corrected chi connectivity index (χ2v) is 6.37. The first kappa shape index (κ1) is 17.8. The number of nitro benzene ring substituents is 1. The number of hydrogen-bond donors (Lipinski definition) is 3. The molecule has 8 heteroatoms. The number of carbonyl (C=O) groups is 1. The van der Waals surface area contributed by atoms with E-state index in [4.69, 9.17) is 5.73 Å². The SMILES string of the molecule is CC(C)[C@H](N)C(=O)N[C@]1(c2ccc([N+](=O)[O-])cc2C#N)CCNC1. The minimum Gasteiger partial charge on any atom is -0.344 e. The lowest BCUT2D eigenvalue weighted by Gasteiger charge is -2.32. The summed E-state index contributed by atoms with van der Waals surface area (Å²) in [5.41, 5.74) is 5.74. The van der Waals surface area contributed by atoms with Crippen LogP contribution in [0.5, 0.6) is 0 Å². The molecule has 24 heavy (non-hydrogen) atoms. The average molecular weight is 331 g/mol. The standard InChI is InChI=1S/C16H21N5O3/c1-10(2)14(18)15(22)20-16(5-6-19-9-16)13-4-3-12(21(23)24)7-11(13)8-17/h3-4,7,10,14,19H,5-6,9,18H2,1-2H3,(H,20,22)/t14-,16+/m0/s1. The second-order valence-electron chi connectivity index (χ2n) is 6.37. The number of amides is 1. The Morgan fingerprint density at radius 1 is 1.54 bits per heavy atom. The number of rotatable bonds is 5. The van der Waals surface area contributed by atoms with Crippen molar-refractivity contribution in [2.24, 2.45) is 11.7 Å². The molecule has 2 rings (SSSR count). The normalized spacial score (nSPS) is 21.3. The maximum atomic E-state index is 12.4. The van der Waals surface area contributed by atoms with E-state index in [1.165, 1.54) is 12.1 Å². The van der Waals surface area contributed by atoms with Crippen LogP contribution in [0.15, 0.2) is 18.2 Å². The highest BCUT2D eigenvalue weighted by Gasteiger charge is 2.40. The lowest BCUT2D eigenvalue weighted by atomic mass is 9.85. The lowest BCUT2D eigenvalue weighted by molar-refractivity contribution is -0.384. The largest absolute Gasteiger partial charge is 0.344 e. The third-order valence-corrected chi connectivity index (χ3v) is 4.39. The van der Waals surface area contributed by atoms with Gasteiger partial charge < -0.3 is 16.4 Å². The van der Waals surface area contributed by atoms with E-state index < -0.39 is 16.5 Å². The molecular formula is C16H21N5O3. The van der Waals surface area contributed by atoms with Crippen LogP contribution in [0.4, 0.5) is 5.69 Å². The summed E-state index contributed by atoms with van der Waals surface area (Å²) in [4.78, 5) is 22.8. The summed E-state index contributed by atoms with van der Waals surface area (Å²) in [6.45, 7) is 4.82. The minimum atomic E-state index is -0.788. The van der Waals surface area contributed by atoms with Gasteiger partial charge in [0.15, 0.2) is 0 Å². The molecule has 1 saturated heterocycles. The Hall–Kier alpha value is -2.50. The fourth-order valence-corrected chi connectivity index (χ4v) is 2.87. The van der Waals surface area contributed by atoms with E-state index in [-0.39, 0.29) is 23.1 Å². The highest BCUT2D eigenvalue weighted by molar-refractivity contribution is 5.83. The van der Waals surface area contributed by atoms with Crippen molar-refractivity contribution in [1.29, 1.82) is 5.26 Å². The zero-order chi connectivity index (χ0) is 17.9. The van der Waals surface area contributed by atoms with Gasteiger partial charge in [0.05, 0.1) is 28.1 Å². The molecule has 0 aliphatic carbocycles. The van der Waals surface area contributed by atoms with Gasteiger partial charge in [-0.2, -0.15) is 5.26 Å². The Labute approximate surface area is 140 Å². The molecule has 0 saturated carbocycles. The molecule has 0 bridgehead atoms. The fraction of sp³-hybridized carbons (Fsp3) is 0.500. The molecule has 0 unspecified atom stereocenters. The summed E-state index contributed by atoms with van der Waals surface area (Å²) in [5.74, 6) is -0.320. The van der Waals surface area contributed by atoms with Crippen molar-refractivity contribution in [3.05, 3.63) is 39.4 Å². The third kappa shape index (κ3) is 3.37. The topological polar surface area (TPSA) is 134 Å². The Kier molecular flexibility index (Phi) is 5.17. The number of nitrogens with zero attached hydrogens (tertiary/aromatic N) is 2. The van der Waals surface area contributed by atoms with Crippen LogP contribution in [-0.2, 0) is 10.3 Å². The van der Waals surface area contributed by atoms with E-state index in [9.17, 15) is 20.2 Å². The molecule has 1 aliphatic rings. The van der Waals surface area contributed by atoms with E-state index >= 15 is 0 Å². The average Bonchev–Trinajstić information content (AvgIpc) is 3.02. The van der Waals surface area contributed by atoms with Crippen molar-refractivity contribution < 1.29 is 9.72 Å². The summed E-state index contributed by atoms with van der Waals surface area (Å²) in [7, 11) is 0. The molecule has 4 N–H and O–H groups in total. The number of nitrogens with two attached hydrogens (primary N) is 1. The molecule has 8 nitrogen and oxygen atoms in total. The number of hydrogen-bond acceptors (Lipinski definition) is 6. The van der Waals surface area contributed by atoms with Crippen molar-refractivity contribution in [3.8, 4) is 6.07 Å². The molecule has 128 valence electrons. The molecule has 1 aliphatic heterocycles. The van der Waals surface area contributed by atoms with Crippen molar-refractivity contribution in [2.45, 2.75) is 31.8 Å². The van der Waals surface area contributed by atoms with Crippen LogP contribution < -0.4 is 16.4 Å². The molecular weight excluding hydrogens is 310 g/mol. The Morgan fingerprint density at radius 2 is 2.25 bits per heavy atom. The van der Waals surface area contributed by atoms with E-state index in [2.05, 4.69) is 10.6 Å². The lowest BCUT2D eigenvalue weighted by Crippen LogP contribution is -2.54. The summed E-state index contributed by atoms with van der Waals surface area (Å²) in [5, 5.41) is 26.5. The summed E-state index contributed by atoms with van der Waals surface area (Å²) in [6.07, 6.45) is 0.579. The monoisotopic (exact) mass is 331 g/mol. The van der Waals surface area contributed by atoms with Crippen LogP contribution >= 0.6 is 0 Å². The quantitative estimate of drug-likeness (QED) is 0.538. The van der Waals surface area contributed by atoms with Gasteiger partial charge in [0.1, 0.15) is 0 Å². The zero-order valence-electron chi connectivity index (χ0n) is 13.7. The second kappa shape index (κ2) is 6.95. The number of benzene rings is 1. The Balaban J connectivity index is 2.42. The predicted octanol–water partition coefficient (Wildman–Crippen LogP) is 0.755. The highest BCUT2D eigenvalue weighted by Crippen LogP contribution is 2.32. The van der Waals surface area contributed by atoms with Crippen LogP contribution in [0.25, 0.3) is 0 Å². The van der Waals surface area contributed by atoms with Gasteiger partial charge in [-0.05, 0) is 30.5 Å². The van der Waals surface area contributed by atoms with Gasteiger partial charge in [-0.3, -0.25) is 14.9 Å². The molecule has 0 radical (unpaired) electrons. The van der Waals surface area contributed by atoms with Crippen LogP contribution in [0.2, 0.25) is 0 Å². The van der Waals surface area contributed by atoms with E-state index in [1.807, 2.05) is 19.9 Å². The summed E-state index contributed by atoms with van der Waals surface area (Å²) < 4.78 is 0. The van der Waals surface area contributed by atoms with E-state index in [1.54, 1.807) is 6.07 Å². The molecule has 0 aromatic heterocycles. The molecule has 0 spiro atoms. The number of carbonyl (C=O) groups excluding carboxylic acids is 1. The Bertz CT molecular complexity index is 689. The van der Waals surface area contributed by atoms with Crippen LogP contribution in [0.3, 0.4) is 0 Å². The van der Waals surface area contributed by atoms with Gasteiger partial charge in [-0.15, -0.1) is 0 Å². The van der Waals surface area contributed by atoms with Crippen LogP contribution in [-0.4, -0.2) is 30.0 Å². The van der Waals surface area contributed by atoms with Gasteiger partial charge in [0.25, 0.3) is 5.69 Å². The molecule has 2 atom stereocenters. The predicted molar refractivity (Wildman–Crippen MR) is 87.9 cm³/mol. The van der Waals surface area contributed by atoms with Gasteiger partial charge in [-0.1, -0.05) is 13.8 Å². The summed E-state index contributed by atoms with van der Waals surface area (Å²) in [6, 6.07) is 5.48. The van der Waals surface area contributed by atoms with Crippen LogP contribution in [0.1, 0.15) is 31.4 Å². The first-order valence-electron chi connectivity index (χ1n) is 7.78.